The molecule has 0 bridgehead atoms. The largest absolute Gasteiger partial charge is 0.616 e. The zero-order valence-corrected chi connectivity index (χ0v) is 24.3. The Balaban J connectivity index is 1.39. The first-order valence-electron chi connectivity index (χ1n) is 14.3. The Hall–Kier alpha value is -2.04. The Bertz CT molecular complexity index is 1070. The number of hydrogen-bond acceptors (Lipinski definition) is 4. The highest BCUT2D eigenvalue weighted by Gasteiger charge is 2.56. The van der Waals surface area contributed by atoms with Crippen LogP contribution in [0.5, 0.6) is 11.5 Å². The normalized spacial score (nSPS) is 20.7. The molecule has 0 saturated heterocycles. The van der Waals surface area contributed by atoms with Crippen LogP contribution in [-0.4, -0.2) is 45.0 Å². The van der Waals surface area contributed by atoms with Gasteiger partial charge in [0, 0.05) is 17.9 Å². The summed E-state index contributed by atoms with van der Waals surface area (Å²) in [5, 5.41) is 21.3. The predicted octanol–water partition coefficient (Wildman–Crippen LogP) is 8.46. The van der Waals surface area contributed by atoms with Gasteiger partial charge in [0.15, 0.2) is 0 Å². The second kappa shape index (κ2) is 14.9. The summed E-state index contributed by atoms with van der Waals surface area (Å²) in [6.07, 6.45) is -0.775. The van der Waals surface area contributed by atoms with E-state index in [0.29, 0.717) is 24.5 Å². The minimum Gasteiger partial charge on any atom is -0.616 e. The molecule has 0 aliphatic carbocycles. The molecule has 4 nitrogen and oxygen atoms in total. The third-order valence-corrected chi connectivity index (χ3v) is 9.58. The van der Waals surface area contributed by atoms with E-state index in [1.807, 2.05) is 36.4 Å². The van der Waals surface area contributed by atoms with E-state index in [4.69, 9.17) is 4.74 Å². The number of aliphatic hydroxyl groups excluding tert-OH is 1. The number of phenolic OH excluding ortho intramolecular Hbond substituents is 1. The van der Waals surface area contributed by atoms with Gasteiger partial charge in [-0.2, -0.15) is 22.0 Å². The molecular weight excluding hydrogens is 563 g/mol. The molecule has 2 aromatic rings. The number of aliphatic hydroxyl groups is 1. The van der Waals surface area contributed by atoms with Gasteiger partial charge in [0.2, 0.25) is 0 Å². The standard InChI is InChI=1S/C31H41F5O4S/c1-29(28(38)23-13-8-7-9-14-23)22-40-27-21-24(37)16-17-25(27)26(29)15-10-5-3-2-4-6-11-19-41(39)20-12-18-30(32,33)31(34,35)36/h7-9,13-14,16-17,21,26,28,37-38H,2-6,10-12,15,18-20,22H2,1H3. The van der Waals surface area contributed by atoms with Crippen molar-refractivity contribution in [3.63, 3.8) is 0 Å². The molecule has 0 spiro atoms. The van der Waals surface area contributed by atoms with E-state index < -0.39 is 47.6 Å². The maximum absolute atomic E-state index is 12.9. The van der Waals surface area contributed by atoms with Crippen LogP contribution in [0.4, 0.5) is 22.0 Å². The fraction of sp³-hybridized carbons (Fsp3) is 0.613. The maximum Gasteiger partial charge on any atom is 0.453 e. The molecule has 1 aliphatic rings. The van der Waals surface area contributed by atoms with Crippen molar-refractivity contribution >= 4 is 11.2 Å². The highest BCUT2D eigenvalue weighted by Crippen LogP contribution is 2.53. The Morgan fingerprint density at radius 1 is 0.927 bits per heavy atom. The topological polar surface area (TPSA) is 72.8 Å². The van der Waals surface area contributed by atoms with Crippen molar-refractivity contribution < 1.29 is 41.5 Å². The van der Waals surface area contributed by atoms with Gasteiger partial charge in [-0.25, -0.2) is 0 Å². The van der Waals surface area contributed by atoms with Crippen molar-refractivity contribution in [2.24, 2.45) is 5.41 Å². The van der Waals surface area contributed by atoms with E-state index in [-0.39, 0.29) is 17.4 Å². The molecule has 0 radical (unpaired) electrons. The van der Waals surface area contributed by atoms with Gasteiger partial charge in [0.1, 0.15) is 23.0 Å². The Morgan fingerprint density at radius 3 is 2.20 bits per heavy atom. The number of phenols is 1. The molecule has 1 heterocycles. The van der Waals surface area contributed by atoms with Gasteiger partial charge in [-0.3, -0.25) is 0 Å². The molecule has 41 heavy (non-hydrogen) atoms. The van der Waals surface area contributed by atoms with Gasteiger partial charge in [0.05, 0.1) is 12.7 Å². The fourth-order valence-electron chi connectivity index (χ4n) is 5.59. The lowest BCUT2D eigenvalue weighted by molar-refractivity contribution is -0.284. The van der Waals surface area contributed by atoms with Crippen molar-refractivity contribution in [3.8, 4) is 11.5 Å². The van der Waals surface area contributed by atoms with Crippen LogP contribution in [-0.2, 0) is 11.2 Å². The number of aromatic hydroxyl groups is 1. The second-order valence-corrected chi connectivity index (χ2v) is 13.0. The summed E-state index contributed by atoms with van der Waals surface area (Å²) in [5.41, 5.74) is 1.27. The van der Waals surface area contributed by atoms with Crippen LogP contribution in [0, 0.1) is 5.41 Å². The monoisotopic (exact) mass is 604 g/mol. The summed E-state index contributed by atoms with van der Waals surface area (Å²) in [5.74, 6) is -3.72. The van der Waals surface area contributed by atoms with E-state index in [9.17, 15) is 36.7 Å². The van der Waals surface area contributed by atoms with Crippen molar-refractivity contribution in [1.82, 2.24) is 0 Å². The Kier molecular flexibility index (Phi) is 12.2. The molecule has 4 atom stereocenters. The first kappa shape index (κ1) is 33.5. The lowest BCUT2D eigenvalue weighted by Crippen LogP contribution is -2.41. The van der Waals surface area contributed by atoms with Crippen LogP contribution in [0.1, 0.15) is 94.3 Å². The van der Waals surface area contributed by atoms with E-state index >= 15 is 0 Å². The average molecular weight is 605 g/mol. The van der Waals surface area contributed by atoms with E-state index in [1.54, 1.807) is 12.1 Å². The predicted molar refractivity (Wildman–Crippen MR) is 151 cm³/mol. The van der Waals surface area contributed by atoms with Crippen molar-refractivity contribution in [3.05, 3.63) is 59.7 Å². The van der Waals surface area contributed by atoms with Gasteiger partial charge >= 0.3 is 12.1 Å². The van der Waals surface area contributed by atoms with Gasteiger partial charge in [-0.1, -0.05) is 86.6 Å². The molecule has 230 valence electrons. The fourth-order valence-corrected chi connectivity index (χ4v) is 6.79. The lowest BCUT2D eigenvalue weighted by atomic mass is 9.65. The molecule has 0 saturated carbocycles. The van der Waals surface area contributed by atoms with Gasteiger partial charge in [-0.15, -0.1) is 0 Å². The number of benzene rings is 2. The molecule has 1 aliphatic heterocycles. The number of alkyl halides is 5. The van der Waals surface area contributed by atoms with Gasteiger partial charge < -0.3 is 19.5 Å². The molecule has 0 amide bonds. The van der Waals surface area contributed by atoms with E-state index in [2.05, 4.69) is 6.92 Å². The molecule has 3 rings (SSSR count). The molecular formula is C31H41F5O4S. The van der Waals surface area contributed by atoms with Crippen LogP contribution in [0.15, 0.2) is 48.5 Å². The van der Waals surface area contributed by atoms with Gasteiger partial charge in [0.25, 0.3) is 0 Å². The van der Waals surface area contributed by atoms with Crippen molar-refractivity contribution in [2.75, 3.05) is 18.1 Å². The van der Waals surface area contributed by atoms with Crippen molar-refractivity contribution in [1.29, 1.82) is 0 Å². The number of ether oxygens (including phenoxy) is 1. The number of unbranched alkanes of at least 4 members (excludes halogenated alkanes) is 6. The summed E-state index contributed by atoms with van der Waals surface area (Å²) in [7, 11) is 0. The number of halogens is 5. The second-order valence-electron chi connectivity index (χ2n) is 11.3. The molecule has 2 aromatic carbocycles. The zero-order chi connectivity index (χ0) is 30.1. The van der Waals surface area contributed by atoms with Gasteiger partial charge in [-0.05, 0) is 48.8 Å². The maximum atomic E-state index is 12.9. The summed E-state index contributed by atoms with van der Waals surface area (Å²) in [6, 6.07) is 14.7. The third-order valence-electron chi connectivity index (χ3n) is 8.09. The van der Waals surface area contributed by atoms with Crippen LogP contribution in [0.25, 0.3) is 0 Å². The van der Waals surface area contributed by atoms with Crippen molar-refractivity contribution in [2.45, 2.75) is 95.3 Å². The molecule has 10 heteroatoms. The first-order chi connectivity index (χ1) is 19.3. The summed E-state index contributed by atoms with van der Waals surface area (Å²) >= 11 is -1.39. The summed E-state index contributed by atoms with van der Waals surface area (Å²) in [6.45, 7) is 2.38. The molecule has 0 fully saturated rings. The van der Waals surface area contributed by atoms with E-state index in [0.717, 1.165) is 56.1 Å². The smallest absolute Gasteiger partial charge is 0.453 e. The lowest BCUT2D eigenvalue weighted by Gasteiger charge is -2.45. The number of hydrogen-bond donors (Lipinski definition) is 2. The minimum absolute atomic E-state index is 0.0353. The van der Waals surface area contributed by atoms with Crippen LogP contribution < -0.4 is 4.74 Å². The van der Waals surface area contributed by atoms with Crippen LogP contribution >= 0.6 is 0 Å². The number of rotatable bonds is 16. The average Bonchev–Trinajstić information content (AvgIpc) is 2.92. The molecule has 2 N–H and O–H groups in total. The third kappa shape index (κ3) is 9.22. The SMILES string of the molecule is CC1(C(O)c2ccccc2)COc2cc(O)ccc2C1CCCCCCCCC[S+]([O-])CCCC(F)(F)C(F)(F)F. The Morgan fingerprint density at radius 2 is 1.54 bits per heavy atom. The summed E-state index contributed by atoms with van der Waals surface area (Å²) < 4.78 is 80.5. The van der Waals surface area contributed by atoms with Crippen LogP contribution in [0.3, 0.4) is 0 Å². The zero-order valence-electron chi connectivity index (χ0n) is 23.5. The highest BCUT2D eigenvalue weighted by molar-refractivity contribution is 7.91. The minimum atomic E-state index is -5.56. The first-order valence-corrected chi connectivity index (χ1v) is 15.8. The van der Waals surface area contributed by atoms with E-state index in [1.165, 1.54) is 0 Å². The molecule has 4 unspecified atom stereocenters. The summed E-state index contributed by atoms with van der Waals surface area (Å²) in [4.78, 5) is 0. The highest BCUT2D eigenvalue weighted by atomic mass is 32.2. The quantitative estimate of drug-likeness (QED) is 0.115. The van der Waals surface area contributed by atoms with Crippen LogP contribution in [0.2, 0.25) is 0 Å². The molecule has 0 aromatic heterocycles. The number of fused-ring (bicyclic) bond motifs is 1. The Labute approximate surface area is 242 Å².